The minimum Gasteiger partial charge on any atom is -0.480 e. The van der Waals surface area contributed by atoms with Gasteiger partial charge in [0.05, 0.1) is 38.3 Å². The molecule has 0 fully saturated rings. The van der Waals surface area contributed by atoms with Crippen molar-refractivity contribution >= 4 is 51.3 Å². The molecule has 2 aromatic rings. The number of amides is 2. The standard InChI is InChI=1S/C31H38N4O11S/c1-6-43-27(37)16-35(47(5,41)42)24-13-20(9-11-26(24)45-18-28(38)44-7-2)25(36)15-34-14-22-12-21(8-10-23(22)30(34)39)29(32)33-31(40)46-17-19(3)4/h8-13,19H,6-7,14-18H2,1-5H3,(H2,32,33,40). The molecule has 0 radical (unpaired) electrons. The fourth-order valence-electron chi connectivity index (χ4n) is 4.42. The third-order valence-electron chi connectivity index (χ3n) is 6.54. The molecule has 0 aromatic heterocycles. The summed E-state index contributed by atoms with van der Waals surface area (Å²) in [6.07, 6.45) is 0.0180. The van der Waals surface area contributed by atoms with E-state index >= 15 is 0 Å². The Morgan fingerprint density at radius 3 is 2.28 bits per heavy atom. The van der Waals surface area contributed by atoms with Crippen molar-refractivity contribution in [3.05, 3.63) is 58.7 Å². The largest absolute Gasteiger partial charge is 0.480 e. The van der Waals surface area contributed by atoms with Crippen LogP contribution in [-0.4, -0.2) is 94.6 Å². The first-order chi connectivity index (χ1) is 22.1. The van der Waals surface area contributed by atoms with Crippen molar-refractivity contribution in [1.82, 2.24) is 4.90 Å². The van der Waals surface area contributed by atoms with E-state index in [1.54, 1.807) is 19.9 Å². The van der Waals surface area contributed by atoms with Gasteiger partial charge in [-0.2, -0.15) is 4.99 Å². The Kier molecular flexibility index (Phi) is 12.4. The first kappa shape index (κ1) is 36.5. The van der Waals surface area contributed by atoms with Gasteiger partial charge in [0.15, 0.2) is 12.4 Å². The van der Waals surface area contributed by atoms with Crippen molar-refractivity contribution < 1.29 is 51.3 Å². The van der Waals surface area contributed by atoms with E-state index in [2.05, 4.69) is 4.99 Å². The molecule has 2 N–H and O–H groups in total. The highest BCUT2D eigenvalue weighted by Gasteiger charge is 2.31. The summed E-state index contributed by atoms with van der Waals surface area (Å²) in [5.74, 6) is -2.65. The van der Waals surface area contributed by atoms with Crippen LogP contribution in [0.5, 0.6) is 5.75 Å². The number of Topliss-reactive ketones (excluding diaryl/α,β-unsaturated/α-hetero) is 1. The maximum absolute atomic E-state index is 13.5. The number of ether oxygens (including phenoxy) is 4. The van der Waals surface area contributed by atoms with Gasteiger partial charge in [0.25, 0.3) is 5.91 Å². The van der Waals surface area contributed by atoms with Gasteiger partial charge in [-0.15, -0.1) is 0 Å². The van der Waals surface area contributed by atoms with Gasteiger partial charge in [-0.25, -0.2) is 18.0 Å². The number of amidine groups is 1. The second kappa shape index (κ2) is 16.0. The number of hydrogen-bond acceptors (Lipinski definition) is 11. The number of rotatable bonds is 15. The average Bonchev–Trinajstić information content (AvgIpc) is 3.31. The summed E-state index contributed by atoms with van der Waals surface area (Å²) in [5, 5.41) is 0. The van der Waals surface area contributed by atoms with Crippen LogP contribution >= 0.6 is 0 Å². The van der Waals surface area contributed by atoms with Crippen LogP contribution in [0.25, 0.3) is 0 Å². The lowest BCUT2D eigenvalue weighted by Crippen LogP contribution is -2.36. The molecule has 0 unspecified atom stereocenters. The van der Waals surface area contributed by atoms with Crippen LogP contribution in [-0.2, 0) is 40.4 Å². The molecule has 0 saturated heterocycles. The van der Waals surface area contributed by atoms with Crippen molar-refractivity contribution in [1.29, 1.82) is 0 Å². The Morgan fingerprint density at radius 1 is 0.979 bits per heavy atom. The predicted molar refractivity (Wildman–Crippen MR) is 170 cm³/mol. The van der Waals surface area contributed by atoms with Crippen LogP contribution < -0.4 is 14.8 Å². The SMILES string of the molecule is CCOC(=O)COc1ccc(C(=O)CN2Cc3cc(C(N)=NC(=O)OCC(C)C)ccc3C2=O)cc1N(CC(=O)OCC)S(C)(=O)=O. The van der Waals surface area contributed by atoms with Gasteiger partial charge < -0.3 is 29.6 Å². The summed E-state index contributed by atoms with van der Waals surface area (Å²) in [4.78, 5) is 67.8. The van der Waals surface area contributed by atoms with Crippen molar-refractivity contribution in [3.63, 3.8) is 0 Å². The average molecular weight is 675 g/mol. The lowest BCUT2D eigenvalue weighted by Gasteiger charge is -2.24. The highest BCUT2D eigenvalue weighted by Crippen LogP contribution is 2.32. The number of carbonyl (C=O) groups excluding carboxylic acids is 5. The number of fused-ring (bicyclic) bond motifs is 1. The zero-order valence-electron chi connectivity index (χ0n) is 26.8. The van der Waals surface area contributed by atoms with Crippen molar-refractivity contribution in [3.8, 4) is 5.75 Å². The molecular formula is C31H38N4O11S. The highest BCUT2D eigenvalue weighted by atomic mass is 32.2. The fraction of sp³-hybridized carbons (Fsp3) is 0.419. The number of benzene rings is 2. The zero-order valence-corrected chi connectivity index (χ0v) is 27.6. The summed E-state index contributed by atoms with van der Waals surface area (Å²) in [5.41, 5.74) is 7.06. The van der Waals surface area contributed by atoms with E-state index in [1.165, 1.54) is 35.2 Å². The second-order valence-corrected chi connectivity index (χ2v) is 12.7. The van der Waals surface area contributed by atoms with Crippen molar-refractivity contribution in [2.45, 2.75) is 34.2 Å². The molecule has 2 aromatic carbocycles. The van der Waals surface area contributed by atoms with E-state index in [-0.39, 0.29) is 61.7 Å². The normalized spacial score (nSPS) is 12.9. The molecule has 0 bridgehead atoms. The lowest BCUT2D eigenvalue weighted by atomic mass is 10.1. The monoisotopic (exact) mass is 674 g/mol. The molecule has 0 aliphatic carbocycles. The number of nitrogens with two attached hydrogens (primary N) is 1. The Morgan fingerprint density at radius 2 is 1.64 bits per heavy atom. The van der Waals surface area contributed by atoms with Gasteiger partial charge in [-0.3, -0.25) is 18.7 Å². The van der Waals surface area contributed by atoms with Gasteiger partial charge in [0.1, 0.15) is 18.1 Å². The van der Waals surface area contributed by atoms with Crippen LogP contribution in [0.15, 0.2) is 41.4 Å². The van der Waals surface area contributed by atoms with Crippen molar-refractivity contribution in [2.75, 3.05) is 50.1 Å². The van der Waals surface area contributed by atoms with E-state index in [0.29, 0.717) is 21.0 Å². The van der Waals surface area contributed by atoms with Gasteiger partial charge in [-0.05, 0) is 55.7 Å². The maximum Gasteiger partial charge on any atom is 0.435 e. The van der Waals surface area contributed by atoms with Crippen LogP contribution in [0.1, 0.15) is 59.5 Å². The lowest BCUT2D eigenvalue weighted by molar-refractivity contribution is -0.145. The van der Waals surface area contributed by atoms with Gasteiger partial charge in [-0.1, -0.05) is 19.9 Å². The Hall–Kier alpha value is -4.99. The first-order valence-electron chi connectivity index (χ1n) is 14.7. The Labute approximate surface area is 272 Å². The Balaban J connectivity index is 1.86. The number of nitrogens with zero attached hydrogens (tertiary/aromatic N) is 3. The van der Waals surface area contributed by atoms with Gasteiger partial charge in [0.2, 0.25) is 10.0 Å². The minimum absolute atomic E-state index is 0.000841. The summed E-state index contributed by atoms with van der Waals surface area (Å²) in [7, 11) is -4.13. The van der Waals surface area contributed by atoms with Crippen LogP contribution in [0.4, 0.5) is 10.5 Å². The topological polar surface area (TPSA) is 201 Å². The smallest absolute Gasteiger partial charge is 0.435 e. The van der Waals surface area contributed by atoms with Crippen molar-refractivity contribution in [2.24, 2.45) is 16.6 Å². The van der Waals surface area contributed by atoms with Gasteiger partial charge >= 0.3 is 18.0 Å². The molecule has 15 nitrogen and oxygen atoms in total. The number of hydrogen-bond donors (Lipinski definition) is 1. The van der Waals surface area contributed by atoms with E-state index in [9.17, 15) is 32.4 Å². The third kappa shape index (κ3) is 10.00. The van der Waals surface area contributed by atoms with E-state index in [1.807, 2.05) is 13.8 Å². The molecule has 3 rings (SSSR count). The molecule has 1 heterocycles. The van der Waals surface area contributed by atoms with Crippen LogP contribution in [0.3, 0.4) is 0 Å². The van der Waals surface area contributed by atoms with E-state index in [0.717, 1.165) is 6.26 Å². The molecule has 1 aliphatic rings. The quantitative estimate of drug-likeness (QED) is 0.0951. The summed E-state index contributed by atoms with van der Waals surface area (Å²) in [6.45, 7) is 5.55. The molecule has 2 amide bonds. The van der Waals surface area contributed by atoms with E-state index < -0.39 is 52.9 Å². The fourth-order valence-corrected chi connectivity index (χ4v) is 5.26. The molecule has 0 spiro atoms. The molecule has 254 valence electrons. The molecule has 0 atom stereocenters. The summed E-state index contributed by atoms with van der Waals surface area (Å²) < 4.78 is 46.6. The Bertz CT molecular complexity index is 1670. The number of anilines is 1. The number of carbonyl (C=O) groups is 5. The molecule has 0 saturated carbocycles. The molecular weight excluding hydrogens is 636 g/mol. The second-order valence-electron chi connectivity index (χ2n) is 10.8. The van der Waals surface area contributed by atoms with E-state index in [4.69, 9.17) is 24.7 Å². The predicted octanol–water partition coefficient (Wildman–Crippen LogP) is 2.29. The number of sulfonamides is 1. The first-order valence-corrected chi connectivity index (χ1v) is 16.5. The number of esters is 2. The number of ketones is 1. The number of aliphatic imine (C=N–C) groups is 1. The molecule has 47 heavy (non-hydrogen) atoms. The molecule has 1 aliphatic heterocycles. The van der Waals surface area contributed by atoms with Crippen LogP contribution in [0.2, 0.25) is 0 Å². The highest BCUT2D eigenvalue weighted by molar-refractivity contribution is 7.92. The minimum atomic E-state index is -4.13. The maximum atomic E-state index is 13.5. The third-order valence-corrected chi connectivity index (χ3v) is 7.67. The zero-order chi connectivity index (χ0) is 34.9. The summed E-state index contributed by atoms with van der Waals surface area (Å²) >= 11 is 0. The van der Waals surface area contributed by atoms with Crippen LogP contribution in [0, 0.1) is 5.92 Å². The molecule has 16 heteroatoms. The summed E-state index contributed by atoms with van der Waals surface area (Å²) in [6, 6.07) is 8.47. The van der Waals surface area contributed by atoms with Gasteiger partial charge in [0, 0.05) is 23.2 Å².